The van der Waals surface area contributed by atoms with E-state index in [-0.39, 0.29) is 22.1 Å². The molecule has 0 bridgehead atoms. The van der Waals surface area contributed by atoms with Gasteiger partial charge in [-0.25, -0.2) is 8.42 Å². The minimum Gasteiger partial charge on any atom is -0.497 e. The summed E-state index contributed by atoms with van der Waals surface area (Å²) in [6.45, 7) is 3.60. The largest absolute Gasteiger partial charge is 0.497 e. The molecule has 0 spiro atoms. The third-order valence-corrected chi connectivity index (χ3v) is 6.29. The van der Waals surface area contributed by atoms with E-state index in [1.54, 1.807) is 37.3 Å². The molecule has 1 heterocycles. The van der Waals surface area contributed by atoms with Gasteiger partial charge in [-0.05, 0) is 73.5 Å². The molecule has 0 atom stereocenters. The number of anilines is 2. The van der Waals surface area contributed by atoms with Gasteiger partial charge in [0.15, 0.2) is 5.75 Å². The van der Waals surface area contributed by atoms with E-state index in [0.717, 1.165) is 5.56 Å². The van der Waals surface area contributed by atoms with Gasteiger partial charge in [-0.1, -0.05) is 6.07 Å². The number of carbonyl (C=O) groups excluding carboxylic acids is 1. The number of aryl methyl sites for hydroxylation is 2. The highest BCUT2D eigenvalue weighted by molar-refractivity contribution is 7.92. The number of ether oxygens (including phenoxy) is 2. The van der Waals surface area contributed by atoms with Crippen LogP contribution in [0.25, 0.3) is 0 Å². The number of sulfonamides is 1. The molecule has 8 heteroatoms. The van der Waals surface area contributed by atoms with Crippen LogP contribution in [0.3, 0.4) is 0 Å². The molecule has 7 nitrogen and oxygen atoms in total. The predicted molar refractivity (Wildman–Crippen MR) is 114 cm³/mol. The summed E-state index contributed by atoms with van der Waals surface area (Å²) < 4.78 is 39.3. The third-order valence-electron chi connectivity index (χ3n) is 4.75. The molecule has 0 saturated heterocycles. The fourth-order valence-electron chi connectivity index (χ4n) is 3.26. The summed E-state index contributed by atoms with van der Waals surface area (Å²) in [5, 5.41) is 2.81. The zero-order valence-electron chi connectivity index (χ0n) is 16.6. The van der Waals surface area contributed by atoms with Crippen molar-refractivity contribution in [2.45, 2.75) is 18.7 Å². The van der Waals surface area contributed by atoms with E-state index in [4.69, 9.17) is 9.47 Å². The van der Waals surface area contributed by atoms with Crippen LogP contribution in [0.2, 0.25) is 0 Å². The number of benzene rings is 3. The molecule has 3 aromatic rings. The van der Waals surface area contributed by atoms with Gasteiger partial charge in [0.05, 0.1) is 23.3 Å². The lowest BCUT2D eigenvalue weighted by molar-refractivity contribution is 0.102. The van der Waals surface area contributed by atoms with Gasteiger partial charge in [0.25, 0.3) is 15.9 Å². The fourth-order valence-corrected chi connectivity index (χ4v) is 4.54. The molecular formula is C22H20N2O5S. The zero-order valence-corrected chi connectivity index (χ0v) is 17.5. The third kappa shape index (κ3) is 3.69. The second-order valence-corrected chi connectivity index (χ2v) is 8.65. The van der Waals surface area contributed by atoms with Gasteiger partial charge in [0.2, 0.25) is 0 Å². The van der Waals surface area contributed by atoms with Gasteiger partial charge in [-0.3, -0.25) is 9.52 Å². The summed E-state index contributed by atoms with van der Waals surface area (Å²) in [6.07, 6.45) is 0. The number of methoxy groups -OCH3 is 1. The average Bonchev–Trinajstić information content (AvgIpc) is 2.83. The number of hydrogen-bond acceptors (Lipinski definition) is 5. The van der Waals surface area contributed by atoms with Crippen molar-refractivity contribution in [1.82, 2.24) is 0 Å². The Morgan fingerprint density at radius 1 is 0.967 bits per heavy atom. The molecule has 0 aromatic heterocycles. The molecule has 1 aliphatic heterocycles. The molecular weight excluding hydrogens is 404 g/mol. The molecule has 154 valence electrons. The Morgan fingerprint density at radius 3 is 2.47 bits per heavy atom. The van der Waals surface area contributed by atoms with E-state index in [1.165, 1.54) is 19.2 Å². The number of amides is 1. The van der Waals surface area contributed by atoms with Crippen molar-refractivity contribution in [3.63, 3.8) is 0 Å². The SMILES string of the molecule is COc1ccc(S(=O)(=O)Nc2ccc3c(c2)C(=O)Nc2cc(C)ccc2O3)c(C)c1. The molecule has 0 fully saturated rings. The first kappa shape index (κ1) is 19.8. The molecule has 0 saturated carbocycles. The molecule has 0 aliphatic carbocycles. The van der Waals surface area contributed by atoms with Gasteiger partial charge >= 0.3 is 0 Å². The number of rotatable bonds is 4. The summed E-state index contributed by atoms with van der Waals surface area (Å²) in [5.74, 6) is 1.06. The van der Waals surface area contributed by atoms with Crippen LogP contribution in [-0.2, 0) is 10.0 Å². The van der Waals surface area contributed by atoms with E-state index in [0.29, 0.717) is 28.5 Å². The Kier molecular flexibility index (Phi) is 4.87. The van der Waals surface area contributed by atoms with Crippen LogP contribution in [-0.4, -0.2) is 21.4 Å². The van der Waals surface area contributed by atoms with Crippen molar-refractivity contribution in [2.24, 2.45) is 0 Å². The Hall–Kier alpha value is -3.52. The Bertz CT molecular complexity index is 1270. The molecule has 0 radical (unpaired) electrons. The first-order valence-corrected chi connectivity index (χ1v) is 10.7. The molecule has 1 amide bonds. The van der Waals surface area contributed by atoms with Crippen LogP contribution in [0, 0.1) is 13.8 Å². The zero-order chi connectivity index (χ0) is 21.5. The average molecular weight is 424 g/mol. The Labute approximate surface area is 174 Å². The van der Waals surface area contributed by atoms with E-state index >= 15 is 0 Å². The number of fused-ring (bicyclic) bond motifs is 2. The normalized spacial score (nSPS) is 12.7. The van der Waals surface area contributed by atoms with Crippen LogP contribution < -0.4 is 19.5 Å². The summed E-state index contributed by atoms with van der Waals surface area (Å²) in [4.78, 5) is 12.8. The lowest BCUT2D eigenvalue weighted by atomic mass is 10.1. The summed E-state index contributed by atoms with van der Waals surface area (Å²) in [6, 6.07) is 14.8. The van der Waals surface area contributed by atoms with E-state index < -0.39 is 10.0 Å². The van der Waals surface area contributed by atoms with Gasteiger partial charge in [-0.15, -0.1) is 0 Å². The summed E-state index contributed by atoms with van der Waals surface area (Å²) in [7, 11) is -2.34. The highest BCUT2D eigenvalue weighted by Crippen LogP contribution is 2.37. The van der Waals surface area contributed by atoms with Crippen molar-refractivity contribution in [2.75, 3.05) is 17.1 Å². The highest BCUT2D eigenvalue weighted by Gasteiger charge is 2.23. The standard InChI is InChI=1S/C22H20N2O5S/c1-13-4-7-20-18(10-13)23-22(25)17-12-15(5-8-19(17)29-20)24-30(26,27)21-9-6-16(28-3)11-14(21)2/h4-12,24H,1-3H3,(H,23,25). The number of carbonyl (C=O) groups is 1. The van der Waals surface area contributed by atoms with Gasteiger partial charge in [-0.2, -0.15) is 0 Å². The number of hydrogen-bond donors (Lipinski definition) is 2. The van der Waals surface area contributed by atoms with Crippen molar-refractivity contribution >= 4 is 27.3 Å². The maximum Gasteiger partial charge on any atom is 0.262 e. The molecule has 4 rings (SSSR count). The van der Waals surface area contributed by atoms with Crippen LogP contribution in [0.5, 0.6) is 17.2 Å². The van der Waals surface area contributed by atoms with Crippen LogP contribution >= 0.6 is 0 Å². The monoisotopic (exact) mass is 424 g/mol. The minimum absolute atomic E-state index is 0.127. The maximum absolute atomic E-state index is 12.9. The van der Waals surface area contributed by atoms with Crippen molar-refractivity contribution < 1.29 is 22.7 Å². The van der Waals surface area contributed by atoms with E-state index in [2.05, 4.69) is 10.0 Å². The summed E-state index contributed by atoms with van der Waals surface area (Å²) in [5.41, 5.74) is 2.57. The molecule has 0 unspecified atom stereocenters. The van der Waals surface area contributed by atoms with E-state index in [9.17, 15) is 13.2 Å². The van der Waals surface area contributed by atoms with Crippen molar-refractivity contribution in [3.05, 3.63) is 71.3 Å². The second-order valence-electron chi connectivity index (χ2n) is 7.00. The highest BCUT2D eigenvalue weighted by atomic mass is 32.2. The smallest absolute Gasteiger partial charge is 0.262 e. The Morgan fingerprint density at radius 2 is 1.73 bits per heavy atom. The van der Waals surface area contributed by atoms with Crippen LogP contribution in [0.1, 0.15) is 21.5 Å². The molecule has 3 aromatic carbocycles. The quantitative estimate of drug-likeness (QED) is 0.644. The summed E-state index contributed by atoms with van der Waals surface area (Å²) >= 11 is 0. The minimum atomic E-state index is -3.86. The van der Waals surface area contributed by atoms with E-state index in [1.807, 2.05) is 19.1 Å². The van der Waals surface area contributed by atoms with Crippen molar-refractivity contribution in [1.29, 1.82) is 0 Å². The van der Waals surface area contributed by atoms with Gasteiger partial charge in [0.1, 0.15) is 11.5 Å². The topological polar surface area (TPSA) is 93.7 Å². The maximum atomic E-state index is 12.9. The van der Waals surface area contributed by atoms with Gasteiger partial charge in [0, 0.05) is 5.69 Å². The predicted octanol–water partition coefficient (Wildman–Crippen LogP) is 4.47. The van der Waals surface area contributed by atoms with Crippen molar-refractivity contribution in [3.8, 4) is 17.2 Å². The van der Waals surface area contributed by atoms with Crippen LogP contribution in [0.15, 0.2) is 59.5 Å². The molecule has 2 N–H and O–H groups in total. The fraction of sp³-hybridized carbons (Fsp3) is 0.136. The first-order valence-electron chi connectivity index (χ1n) is 9.18. The lowest BCUT2D eigenvalue weighted by Gasteiger charge is -2.13. The number of nitrogens with one attached hydrogen (secondary N) is 2. The van der Waals surface area contributed by atoms with Crippen LogP contribution in [0.4, 0.5) is 11.4 Å². The van der Waals surface area contributed by atoms with Gasteiger partial charge < -0.3 is 14.8 Å². The first-order chi connectivity index (χ1) is 14.3. The lowest BCUT2D eigenvalue weighted by Crippen LogP contribution is -2.15. The second kappa shape index (κ2) is 7.38. The molecule has 1 aliphatic rings. The molecule has 30 heavy (non-hydrogen) atoms. The Balaban J connectivity index is 1.66.